The maximum atomic E-state index is 13.0. The van der Waals surface area contributed by atoms with Crippen LogP contribution in [0.25, 0.3) is 0 Å². The first-order chi connectivity index (χ1) is 32.7. The van der Waals surface area contributed by atoms with Crippen molar-refractivity contribution in [3.63, 3.8) is 0 Å². The Labute approximate surface area is 409 Å². The quantitative estimate of drug-likeness (QED) is 0.0215. The Balaban J connectivity index is 2.23. The molecular weight excluding hydrogens is 847 g/mol. The Bertz CT molecular complexity index is 1180. The number of hydrogen-bond acceptors (Lipinski definition) is 10. The fourth-order valence-corrected chi connectivity index (χ4v) is 8.83. The van der Waals surface area contributed by atoms with Crippen molar-refractivity contribution in [1.82, 2.24) is 5.32 Å². The van der Waals surface area contributed by atoms with Gasteiger partial charge >= 0.3 is 0 Å². The van der Waals surface area contributed by atoms with Crippen LogP contribution in [-0.2, 0) is 14.3 Å². The highest BCUT2D eigenvalue weighted by Crippen LogP contribution is 2.23. The standard InChI is InChI=1S/C56H105NO10/c1-3-5-7-9-11-13-14-15-16-17-18-19-20-21-22-23-24-25-26-27-28-29-30-31-32-33-34-35-36-38-39-41-43-48(59)51(61)47(46-66-56-54(64)53(63)52(62)50(45-58)67-56)57-55(65)49(60)44-42-40-37-12-10-8-6-4-2/h28-29,32-33,36,38,47-54,56,58-64H,3-27,30-31,34-35,37,39-46H2,1-2H3,(H,57,65)/b29-28+,33-32+,38-36+. The van der Waals surface area contributed by atoms with E-state index in [0.29, 0.717) is 19.3 Å². The lowest BCUT2D eigenvalue weighted by molar-refractivity contribution is -0.303. The van der Waals surface area contributed by atoms with E-state index < -0.39 is 74.2 Å². The molecule has 0 bridgehead atoms. The van der Waals surface area contributed by atoms with Gasteiger partial charge in [0.15, 0.2) is 6.29 Å². The number of amides is 1. The molecule has 0 saturated carbocycles. The summed E-state index contributed by atoms with van der Waals surface area (Å²) in [5, 5.41) is 75.6. The minimum absolute atomic E-state index is 0.242. The molecule has 1 saturated heterocycles. The summed E-state index contributed by atoms with van der Waals surface area (Å²) in [7, 11) is 0. The molecule has 1 heterocycles. The lowest BCUT2D eigenvalue weighted by atomic mass is 9.98. The van der Waals surface area contributed by atoms with Crippen molar-refractivity contribution in [3.05, 3.63) is 36.5 Å². The summed E-state index contributed by atoms with van der Waals surface area (Å²) in [5.74, 6) is -0.716. The third kappa shape index (κ3) is 34.3. The first-order valence-electron chi connectivity index (χ1n) is 27.9. The summed E-state index contributed by atoms with van der Waals surface area (Å²) in [5.41, 5.74) is 0. The monoisotopic (exact) mass is 952 g/mol. The van der Waals surface area contributed by atoms with Crippen LogP contribution in [0.5, 0.6) is 0 Å². The topological polar surface area (TPSA) is 189 Å². The van der Waals surface area contributed by atoms with Gasteiger partial charge in [0.1, 0.15) is 36.6 Å². The highest BCUT2D eigenvalue weighted by molar-refractivity contribution is 5.80. The van der Waals surface area contributed by atoms with E-state index in [1.165, 1.54) is 154 Å². The van der Waals surface area contributed by atoms with E-state index >= 15 is 0 Å². The highest BCUT2D eigenvalue weighted by Gasteiger charge is 2.44. The van der Waals surface area contributed by atoms with Gasteiger partial charge in [-0.1, -0.05) is 217 Å². The van der Waals surface area contributed by atoms with Gasteiger partial charge in [0.25, 0.3) is 0 Å². The number of ether oxygens (including phenoxy) is 2. The molecule has 0 spiro atoms. The predicted octanol–water partition coefficient (Wildman–Crippen LogP) is 11.1. The van der Waals surface area contributed by atoms with E-state index in [1.807, 2.05) is 0 Å². The summed E-state index contributed by atoms with van der Waals surface area (Å²) in [4.78, 5) is 13.0. The van der Waals surface area contributed by atoms with Crippen LogP contribution in [0, 0.1) is 0 Å². The molecule has 0 aromatic heterocycles. The highest BCUT2D eigenvalue weighted by atomic mass is 16.7. The molecule has 8 N–H and O–H groups in total. The number of nitrogens with one attached hydrogen (secondary N) is 1. The zero-order valence-electron chi connectivity index (χ0n) is 42.9. The lowest BCUT2D eigenvalue weighted by Gasteiger charge is -2.40. The average molecular weight is 952 g/mol. The largest absolute Gasteiger partial charge is 0.394 e. The van der Waals surface area contributed by atoms with Gasteiger partial charge in [-0.15, -0.1) is 0 Å². The van der Waals surface area contributed by atoms with E-state index in [-0.39, 0.29) is 12.8 Å². The van der Waals surface area contributed by atoms with Crippen molar-refractivity contribution in [2.45, 2.75) is 300 Å². The maximum absolute atomic E-state index is 13.0. The molecule has 1 aliphatic heterocycles. The van der Waals surface area contributed by atoms with E-state index in [9.17, 15) is 40.5 Å². The molecule has 1 aliphatic rings. The van der Waals surface area contributed by atoms with Crippen LogP contribution in [0.15, 0.2) is 36.5 Å². The molecule has 394 valence electrons. The molecule has 0 radical (unpaired) electrons. The van der Waals surface area contributed by atoms with Crippen LogP contribution in [-0.4, -0.2) is 110 Å². The Hall–Kier alpha value is -1.67. The Morgan fingerprint density at radius 3 is 1.33 bits per heavy atom. The number of rotatable bonds is 47. The summed E-state index contributed by atoms with van der Waals surface area (Å²) in [6.07, 6.45) is 44.0. The van der Waals surface area contributed by atoms with Gasteiger partial charge < -0.3 is 50.5 Å². The molecule has 1 fully saturated rings. The molecule has 0 aromatic carbocycles. The van der Waals surface area contributed by atoms with Gasteiger partial charge in [-0.05, 0) is 64.2 Å². The first kappa shape index (κ1) is 63.3. The van der Waals surface area contributed by atoms with E-state index in [1.54, 1.807) is 0 Å². The fraction of sp³-hybridized carbons (Fsp3) is 0.875. The molecule has 67 heavy (non-hydrogen) atoms. The zero-order valence-corrected chi connectivity index (χ0v) is 42.9. The summed E-state index contributed by atoms with van der Waals surface area (Å²) < 4.78 is 11.1. The lowest BCUT2D eigenvalue weighted by Crippen LogP contribution is -2.60. The van der Waals surface area contributed by atoms with E-state index in [4.69, 9.17) is 9.47 Å². The number of allylic oxidation sites excluding steroid dienone is 6. The molecule has 11 nitrogen and oxygen atoms in total. The number of carbonyl (C=O) groups is 1. The third-order valence-electron chi connectivity index (χ3n) is 13.4. The molecular formula is C56H105NO10. The number of carbonyl (C=O) groups excluding carboxylic acids is 1. The Kier molecular flexibility index (Phi) is 43.0. The zero-order chi connectivity index (χ0) is 49.0. The second-order valence-electron chi connectivity index (χ2n) is 19.6. The molecule has 1 rings (SSSR count). The molecule has 11 heteroatoms. The molecule has 9 unspecified atom stereocenters. The van der Waals surface area contributed by atoms with Gasteiger partial charge in [-0.25, -0.2) is 0 Å². The van der Waals surface area contributed by atoms with Crippen LogP contribution in [0.4, 0.5) is 0 Å². The Morgan fingerprint density at radius 1 is 0.507 bits per heavy atom. The first-order valence-corrected chi connectivity index (χ1v) is 27.9. The molecule has 0 aromatic rings. The van der Waals surface area contributed by atoms with Gasteiger partial charge in [-0.2, -0.15) is 0 Å². The van der Waals surface area contributed by atoms with Crippen molar-refractivity contribution < 1.29 is 50.0 Å². The second kappa shape index (κ2) is 45.5. The number of unbranched alkanes of at least 4 members (excludes halogenated alkanes) is 29. The fourth-order valence-electron chi connectivity index (χ4n) is 8.83. The van der Waals surface area contributed by atoms with Crippen LogP contribution in [0.1, 0.15) is 245 Å². The van der Waals surface area contributed by atoms with E-state index in [2.05, 4.69) is 55.6 Å². The smallest absolute Gasteiger partial charge is 0.249 e. The van der Waals surface area contributed by atoms with Crippen LogP contribution in [0.3, 0.4) is 0 Å². The predicted molar refractivity (Wildman–Crippen MR) is 275 cm³/mol. The molecule has 0 aliphatic carbocycles. The van der Waals surface area contributed by atoms with Crippen LogP contribution in [0.2, 0.25) is 0 Å². The van der Waals surface area contributed by atoms with Crippen LogP contribution < -0.4 is 5.32 Å². The second-order valence-corrected chi connectivity index (χ2v) is 19.6. The van der Waals surface area contributed by atoms with Crippen molar-refractivity contribution in [3.8, 4) is 0 Å². The van der Waals surface area contributed by atoms with Crippen molar-refractivity contribution >= 4 is 5.91 Å². The van der Waals surface area contributed by atoms with Crippen LogP contribution >= 0.6 is 0 Å². The normalized spacial score (nSPS) is 20.9. The minimum Gasteiger partial charge on any atom is -0.394 e. The van der Waals surface area contributed by atoms with Gasteiger partial charge in [-0.3, -0.25) is 4.79 Å². The minimum atomic E-state index is -1.67. The van der Waals surface area contributed by atoms with Gasteiger partial charge in [0.05, 0.1) is 25.4 Å². The molecule has 9 atom stereocenters. The number of hydrogen-bond donors (Lipinski definition) is 8. The summed E-state index contributed by atoms with van der Waals surface area (Å²) >= 11 is 0. The van der Waals surface area contributed by atoms with Crippen molar-refractivity contribution in [2.24, 2.45) is 0 Å². The number of aliphatic hydroxyl groups is 7. The van der Waals surface area contributed by atoms with Crippen molar-refractivity contribution in [1.29, 1.82) is 0 Å². The Morgan fingerprint density at radius 2 is 0.896 bits per heavy atom. The summed E-state index contributed by atoms with van der Waals surface area (Å²) in [6.45, 7) is 3.39. The van der Waals surface area contributed by atoms with E-state index in [0.717, 1.165) is 44.9 Å². The average Bonchev–Trinajstić information content (AvgIpc) is 3.33. The third-order valence-corrected chi connectivity index (χ3v) is 13.4. The number of aliphatic hydroxyl groups excluding tert-OH is 7. The SMILES string of the molecule is CCCCCCCCCCCCCCCCCCCCC/C=C/CC/C=C/CC/C=C/CCCC(O)C(O)C(COC1OC(CO)C(O)C(O)C1O)NC(=O)C(O)CCCCCCCCCC. The maximum Gasteiger partial charge on any atom is 0.249 e. The molecule has 1 amide bonds. The van der Waals surface area contributed by atoms with Crippen molar-refractivity contribution in [2.75, 3.05) is 13.2 Å². The summed E-state index contributed by atoms with van der Waals surface area (Å²) in [6, 6.07) is -1.19. The van der Waals surface area contributed by atoms with Gasteiger partial charge in [0.2, 0.25) is 5.91 Å². The van der Waals surface area contributed by atoms with Gasteiger partial charge in [0, 0.05) is 0 Å².